The van der Waals surface area contributed by atoms with Gasteiger partial charge < -0.3 is 15.2 Å². The number of anilines is 1. The first-order valence-electron chi connectivity index (χ1n) is 10.1. The Morgan fingerprint density at radius 2 is 1.83 bits per heavy atom. The third-order valence-corrected chi connectivity index (χ3v) is 5.73. The molecule has 0 spiro atoms. The number of nitrogens with zero attached hydrogens (tertiary/aromatic N) is 1. The fourth-order valence-electron chi connectivity index (χ4n) is 3.93. The van der Waals surface area contributed by atoms with Crippen molar-refractivity contribution in [3.05, 3.63) is 58.7 Å². The van der Waals surface area contributed by atoms with Gasteiger partial charge in [-0.25, -0.2) is 0 Å². The van der Waals surface area contributed by atoms with Gasteiger partial charge in [0.2, 0.25) is 0 Å². The van der Waals surface area contributed by atoms with Crippen molar-refractivity contribution < 1.29 is 24.2 Å². The summed E-state index contributed by atoms with van der Waals surface area (Å²) in [5.41, 5.74) is 2.00. The summed E-state index contributed by atoms with van der Waals surface area (Å²) >= 11 is 0. The average Bonchev–Trinajstić information content (AvgIpc) is 2.99. The largest absolute Gasteiger partial charge is 0.506 e. The molecule has 2 heterocycles. The maximum absolute atomic E-state index is 12.8. The zero-order valence-electron chi connectivity index (χ0n) is 16.8. The van der Waals surface area contributed by atoms with Gasteiger partial charge in [-0.15, -0.1) is 0 Å². The number of amides is 3. The number of benzene rings is 2. The zero-order chi connectivity index (χ0) is 21.3. The van der Waals surface area contributed by atoms with Gasteiger partial charge >= 0.3 is 0 Å². The Labute approximate surface area is 174 Å². The molecule has 1 saturated heterocycles. The number of carbonyl (C=O) groups is 3. The van der Waals surface area contributed by atoms with Gasteiger partial charge in [0.25, 0.3) is 17.7 Å². The van der Waals surface area contributed by atoms with Crippen LogP contribution in [0.1, 0.15) is 55.9 Å². The van der Waals surface area contributed by atoms with Gasteiger partial charge in [-0.3, -0.25) is 19.3 Å². The molecular formula is C23H24N2O5. The lowest BCUT2D eigenvalue weighted by molar-refractivity contribution is 0.0536. The summed E-state index contributed by atoms with van der Waals surface area (Å²) < 4.78 is 5.36. The molecule has 2 aliphatic rings. The normalized spacial score (nSPS) is 16.6. The molecule has 7 heteroatoms. The first-order chi connectivity index (χ1) is 14.4. The van der Waals surface area contributed by atoms with E-state index in [2.05, 4.69) is 5.32 Å². The molecule has 7 nitrogen and oxygen atoms in total. The van der Waals surface area contributed by atoms with Crippen LogP contribution in [0.25, 0.3) is 0 Å². The molecule has 2 N–H and O–H groups in total. The SMILES string of the molecule is Cc1ccc(O)c(NC(=O)c2ccc3c(c2)C(=O)N(CCC2CCOCC2)C3=O)c1. The second kappa shape index (κ2) is 8.28. The van der Waals surface area contributed by atoms with E-state index in [0.29, 0.717) is 23.7 Å². The van der Waals surface area contributed by atoms with Crippen LogP contribution in [0.5, 0.6) is 5.75 Å². The number of nitrogens with one attached hydrogen (secondary N) is 1. The Morgan fingerprint density at radius 1 is 1.10 bits per heavy atom. The first-order valence-corrected chi connectivity index (χ1v) is 10.1. The molecule has 2 aromatic rings. The van der Waals surface area contributed by atoms with Crippen LogP contribution in [0.4, 0.5) is 5.69 Å². The van der Waals surface area contributed by atoms with Crippen LogP contribution in [-0.2, 0) is 4.74 Å². The Hall–Kier alpha value is -3.19. The van der Waals surface area contributed by atoms with E-state index in [1.165, 1.54) is 29.2 Å². The minimum atomic E-state index is -0.459. The summed E-state index contributed by atoms with van der Waals surface area (Å²) in [6, 6.07) is 9.40. The van der Waals surface area contributed by atoms with Gasteiger partial charge in [0.1, 0.15) is 5.75 Å². The molecule has 0 aliphatic carbocycles. The highest BCUT2D eigenvalue weighted by Crippen LogP contribution is 2.28. The van der Waals surface area contributed by atoms with E-state index in [-0.39, 0.29) is 28.7 Å². The maximum Gasteiger partial charge on any atom is 0.261 e. The van der Waals surface area contributed by atoms with E-state index in [4.69, 9.17) is 4.74 Å². The highest BCUT2D eigenvalue weighted by molar-refractivity contribution is 6.22. The summed E-state index contributed by atoms with van der Waals surface area (Å²) in [6.45, 7) is 3.67. The Balaban J connectivity index is 1.48. The van der Waals surface area contributed by atoms with Crippen LogP contribution >= 0.6 is 0 Å². The van der Waals surface area contributed by atoms with Crippen molar-refractivity contribution in [1.29, 1.82) is 0 Å². The number of rotatable bonds is 5. The number of aryl methyl sites for hydroxylation is 1. The van der Waals surface area contributed by atoms with Crippen LogP contribution in [0.2, 0.25) is 0 Å². The van der Waals surface area contributed by atoms with Gasteiger partial charge in [-0.1, -0.05) is 6.07 Å². The molecule has 30 heavy (non-hydrogen) atoms. The van der Waals surface area contributed by atoms with Crippen LogP contribution in [0.15, 0.2) is 36.4 Å². The van der Waals surface area contributed by atoms with E-state index < -0.39 is 5.91 Å². The average molecular weight is 408 g/mol. The Morgan fingerprint density at radius 3 is 2.60 bits per heavy atom. The third kappa shape index (κ3) is 3.93. The highest BCUT2D eigenvalue weighted by Gasteiger charge is 2.36. The van der Waals surface area contributed by atoms with Crippen molar-refractivity contribution >= 4 is 23.4 Å². The smallest absolute Gasteiger partial charge is 0.261 e. The van der Waals surface area contributed by atoms with Crippen LogP contribution in [-0.4, -0.2) is 47.5 Å². The number of imide groups is 1. The van der Waals surface area contributed by atoms with Gasteiger partial charge in [-0.05, 0) is 68.0 Å². The van der Waals surface area contributed by atoms with Crippen molar-refractivity contribution in [2.75, 3.05) is 25.1 Å². The molecule has 0 bridgehead atoms. The van der Waals surface area contributed by atoms with E-state index >= 15 is 0 Å². The number of carbonyl (C=O) groups excluding carboxylic acids is 3. The predicted molar refractivity (Wildman–Crippen MR) is 111 cm³/mol. The lowest BCUT2D eigenvalue weighted by Crippen LogP contribution is -2.32. The highest BCUT2D eigenvalue weighted by atomic mass is 16.5. The lowest BCUT2D eigenvalue weighted by atomic mass is 9.96. The topological polar surface area (TPSA) is 95.9 Å². The molecule has 156 valence electrons. The number of hydrogen-bond donors (Lipinski definition) is 2. The molecule has 4 rings (SSSR count). The summed E-state index contributed by atoms with van der Waals surface area (Å²) in [5.74, 6) is -0.730. The van der Waals surface area contributed by atoms with Gasteiger partial charge in [0.15, 0.2) is 0 Å². The predicted octanol–water partition coefficient (Wildman–Crippen LogP) is 3.37. The van der Waals surface area contributed by atoms with E-state index in [1.807, 2.05) is 6.92 Å². The molecule has 0 aromatic heterocycles. The minimum Gasteiger partial charge on any atom is -0.506 e. The van der Waals surface area contributed by atoms with Crippen LogP contribution < -0.4 is 5.32 Å². The molecule has 1 fully saturated rings. The van der Waals surface area contributed by atoms with E-state index in [1.54, 1.807) is 12.1 Å². The van der Waals surface area contributed by atoms with Crippen molar-refractivity contribution in [2.24, 2.45) is 5.92 Å². The molecule has 0 atom stereocenters. The summed E-state index contributed by atoms with van der Waals surface area (Å²) in [5, 5.41) is 12.6. The molecule has 0 radical (unpaired) electrons. The van der Waals surface area contributed by atoms with E-state index in [0.717, 1.165) is 38.0 Å². The number of phenolic OH excluding ortho intramolecular Hbond substituents is 1. The van der Waals surface area contributed by atoms with Crippen molar-refractivity contribution in [3.63, 3.8) is 0 Å². The quantitative estimate of drug-likeness (QED) is 0.584. The van der Waals surface area contributed by atoms with Crippen LogP contribution in [0.3, 0.4) is 0 Å². The molecule has 3 amide bonds. The third-order valence-electron chi connectivity index (χ3n) is 5.73. The Bertz CT molecular complexity index is 1010. The second-order valence-corrected chi connectivity index (χ2v) is 7.84. The number of hydrogen-bond acceptors (Lipinski definition) is 5. The standard InChI is InChI=1S/C23H24N2O5/c1-14-2-5-20(26)19(12-14)24-21(27)16-3-4-17-18(13-16)23(29)25(22(17)28)9-6-15-7-10-30-11-8-15/h2-5,12-13,15,26H,6-11H2,1H3,(H,24,27). The van der Waals surface area contributed by atoms with Crippen molar-refractivity contribution in [2.45, 2.75) is 26.2 Å². The fourth-order valence-corrected chi connectivity index (χ4v) is 3.93. The number of aromatic hydroxyl groups is 1. The number of fused-ring (bicyclic) bond motifs is 1. The maximum atomic E-state index is 12.8. The van der Waals surface area contributed by atoms with Gasteiger partial charge in [-0.2, -0.15) is 0 Å². The van der Waals surface area contributed by atoms with Gasteiger partial charge in [0, 0.05) is 25.3 Å². The summed E-state index contributed by atoms with van der Waals surface area (Å²) in [4.78, 5) is 39.4. The number of phenols is 1. The molecule has 0 unspecified atom stereocenters. The zero-order valence-corrected chi connectivity index (χ0v) is 16.8. The molecular weight excluding hydrogens is 384 g/mol. The minimum absolute atomic E-state index is 0.0411. The monoisotopic (exact) mass is 408 g/mol. The summed E-state index contributed by atoms with van der Waals surface area (Å²) in [6.07, 6.45) is 2.65. The summed E-state index contributed by atoms with van der Waals surface area (Å²) in [7, 11) is 0. The van der Waals surface area contributed by atoms with Crippen molar-refractivity contribution in [3.8, 4) is 5.75 Å². The lowest BCUT2D eigenvalue weighted by Gasteiger charge is -2.23. The molecule has 2 aliphatic heterocycles. The van der Waals surface area contributed by atoms with Crippen LogP contribution in [0, 0.1) is 12.8 Å². The van der Waals surface area contributed by atoms with Crippen molar-refractivity contribution in [1.82, 2.24) is 4.90 Å². The second-order valence-electron chi connectivity index (χ2n) is 7.84. The Kier molecular flexibility index (Phi) is 5.55. The van der Waals surface area contributed by atoms with Gasteiger partial charge in [0.05, 0.1) is 16.8 Å². The van der Waals surface area contributed by atoms with E-state index in [9.17, 15) is 19.5 Å². The first kappa shape index (κ1) is 20.1. The molecule has 0 saturated carbocycles. The number of ether oxygens (including phenoxy) is 1. The molecule has 2 aromatic carbocycles. The fraction of sp³-hybridized carbons (Fsp3) is 0.348.